The van der Waals surface area contributed by atoms with Crippen molar-refractivity contribution in [3.8, 4) is 0 Å². The maximum atomic E-state index is 12.7. The first-order valence-electron chi connectivity index (χ1n) is 10.2. The third-order valence-electron chi connectivity index (χ3n) is 5.69. The second-order valence-corrected chi connectivity index (χ2v) is 7.70. The van der Waals surface area contributed by atoms with Crippen LogP contribution < -0.4 is 15.1 Å². The molecule has 1 aromatic carbocycles. The van der Waals surface area contributed by atoms with Crippen molar-refractivity contribution in [3.05, 3.63) is 42.7 Å². The van der Waals surface area contributed by atoms with Crippen LogP contribution in [0.15, 0.2) is 47.7 Å². The van der Waals surface area contributed by atoms with E-state index in [1.165, 1.54) is 5.69 Å². The molecule has 1 amide bonds. The van der Waals surface area contributed by atoms with Gasteiger partial charge in [-0.25, -0.2) is 0 Å². The number of amides is 1. The fraction of sp³-hybridized carbons (Fsp3) is 0.476. The molecule has 2 aromatic rings. The van der Waals surface area contributed by atoms with Crippen LogP contribution in [-0.2, 0) is 11.8 Å². The molecule has 8 heteroatoms. The minimum Gasteiger partial charge on any atom is -0.371 e. The lowest BCUT2D eigenvalue weighted by Gasteiger charge is -2.35. The van der Waals surface area contributed by atoms with Crippen LogP contribution in [-0.4, -0.2) is 72.9 Å². The summed E-state index contributed by atoms with van der Waals surface area (Å²) in [6.45, 7) is 4.71. The Morgan fingerprint density at radius 1 is 1.21 bits per heavy atom. The van der Waals surface area contributed by atoms with Crippen LogP contribution in [0, 0.1) is 5.92 Å². The second kappa shape index (κ2) is 8.55. The molecule has 0 radical (unpaired) electrons. The lowest BCUT2D eigenvalue weighted by Crippen LogP contribution is -2.55. The van der Waals surface area contributed by atoms with Crippen molar-refractivity contribution in [3.63, 3.8) is 0 Å². The van der Waals surface area contributed by atoms with Gasteiger partial charge in [-0.2, -0.15) is 5.10 Å². The Balaban J connectivity index is 1.29. The van der Waals surface area contributed by atoms with Crippen molar-refractivity contribution in [2.45, 2.75) is 6.42 Å². The Hall–Kier alpha value is -3.03. The molecule has 1 unspecified atom stereocenters. The minimum absolute atomic E-state index is 0.0725. The zero-order chi connectivity index (χ0) is 20.2. The Kier molecular flexibility index (Phi) is 5.69. The van der Waals surface area contributed by atoms with Crippen LogP contribution in [0.2, 0.25) is 0 Å². The van der Waals surface area contributed by atoms with Crippen LogP contribution >= 0.6 is 0 Å². The summed E-state index contributed by atoms with van der Waals surface area (Å²) in [5.41, 5.74) is 2.14. The van der Waals surface area contributed by atoms with Crippen LogP contribution in [0.4, 0.5) is 11.4 Å². The van der Waals surface area contributed by atoms with E-state index in [0.29, 0.717) is 19.0 Å². The smallest absolute Gasteiger partial charge is 0.246 e. The number of nitrogens with zero attached hydrogens (tertiary/aromatic N) is 6. The van der Waals surface area contributed by atoms with Gasteiger partial charge in [-0.3, -0.25) is 14.5 Å². The SMILES string of the molecule is CN=C(NCC1CCN(c2ccccc2)C1)N1CCN(c2cnn(C)c2)C(=O)C1. The molecule has 1 aromatic heterocycles. The van der Waals surface area contributed by atoms with Gasteiger partial charge in [-0.15, -0.1) is 0 Å². The van der Waals surface area contributed by atoms with E-state index in [0.717, 1.165) is 44.2 Å². The molecule has 8 nitrogen and oxygen atoms in total. The monoisotopic (exact) mass is 395 g/mol. The fourth-order valence-electron chi connectivity index (χ4n) is 4.12. The summed E-state index contributed by atoms with van der Waals surface area (Å²) in [5, 5.41) is 7.66. The number of para-hydroxylation sites is 1. The van der Waals surface area contributed by atoms with Crippen LogP contribution in [0.1, 0.15) is 6.42 Å². The first-order valence-corrected chi connectivity index (χ1v) is 10.2. The highest BCUT2D eigenvalue weighted by Gasteiger charge is 2.28. The zero-order valence-electron chi connectivity index (χ0n) is 17.2. The maximum Gasteiger partial charge on any atom is 0.246 e. The van der Waals surface area contributed by atoms with Gasteiger partial charge in [-0.05, 0) is 24.5 Å². The summed E-state index contributed by atoms with van der Waals surface area (Å²) >= 11 is 0. The van der Waals surface area contributed by atoms with Crippen molar-refractivity contribution in [2.75, 3.05) is 56.1 Å². The van der Waals surface area contributed by atoms with Gasteiger partial charge in [0.15, 0.2) is 5.96 Å². The summed E-state index contributed by atoms with van der Waals surface area (Å²) in [4.78, 5) is 23.3. The molecule has 1 N–H and O–H groups in total. The quantitative estimate of drug-likeness (QED) is 0.622. The molecule has 1 atom stereocenters. The van der Waals surface area contributed by atoms with Crippen molar-refractivity contribution < 1.29 is 4.79 Å². The number of hydrogen-bond acceptors (Lipinski definition) is 4. The van der Waals surface area contributed by atoms with E-state index >= 15 is 0 Å². The van der Waals surface area contributed by atoms with Crippen LogP contribution in [0.5, 0.6) is 0 Å². The highest BCUT2D eigenvalue weighted by atomic mass is 16.2. The molecule has 0 spiro atoms. The van der Waals surface area contributed by atoms with E-state index in [-0.39, 0.29) is 5.91 Å². The van der Waals surface area contributed by atoms with Gasteiger partial charge in [-0.1, -0.05) is 18.2 Å². The molecular formula is C21H29N7O. The molecule has 0 bridgehead atoms. The topological polar surface area (TPSA) is 69.0 Å². The van der Waals surface area contributed by atoms with Gasteiger partial charge < -0.3 is 20.0 Å². The number of anilines is 2. The molecule has 0 aliphatic carbocycles. The second-order valence-electron chi connectivity index (χ2n) is 7.70. The number of aliphatic imine (C=N–C) groups is 1. The molecule has 2 aliphatic rings. The summed E-state index contributed by atoms with van der Waals surface area (Å²) in [7, 11) is 3.64. The maximum absolute atomic E-state index is 12.7. The molecule has 3 heterocycles. The molecule has 2 aliphatic heterocycles. The number of piperazine rings is 1. The zero-order valence-corrected chi connectivity index (χ0v) is 17.2. The van der Waals surface area contributed by atoms with Gasteiger partial charge in [0.05, 0.1) is 11.9 Å². The third kappa shape index (κ3) is 4.36. The standard InChI is InChI=1S/C21H29N7O/c1-22-21(23-12-17-8-9-26(14-17)18-6-4-3-5-7-18)27-10-11-28(20(29)16-27)19-13-24-25(2)15-19/h3-7,13,15,17H,8-12,14,16H2,1-2H3,(H,22,23). The number of nitrogens with one attached hydrogen (secondary N) is 1. The van der Waals surface area contributed by atoms with Crippen LogP contribution in [0.3, 0.4) is 0 Å². The summed E-state index contributed by atoms with van der Waals surface area (Å²) in [6, 6.07) is 10.6. The number of hydrogen-bond donors (Lipinski definition) is 1. The largest absolute Gasteiger partial charge is 0.371 e. The number of rotatable bonds is 4. The average Bonchev–Trinajstić information content (AvgIpc) is 3.38. The van der Waals surface area contributed by atoms with E-state index in [1.807, 2.05) is 18.1 Å². The predicted octanol–water partition coefficient (Wildman–Crippen LogP) is 1.17. The summed E-state index contributed by atoms with van der Waals surface area (Å²) in [5.74, 6) is 1.45. The normalized spacial score (nSPS) is 20.5. The highest BCUT2D eigenvalue weighted by Crippen LogP contribution is 2.23. The average molecular weight is 396 g/mol. The highest BCUT2D eigenvalue weighted by molar-refractivity contribution is 5.98. The number of carbonyl (C=O) groups excluding carboxylic acids is 1. The van der Waals surface area contributed by atoms with Gasteiger partial charge in [0.2, 0.25) is 5.91 Å². The first kappa shape index (κ1) is 19.3. The molecule has 2 fully saturated rings. The summed E-state index contributed by atoms with van der Waals surface area (Å²) < 4.78 is 1.72. The molecular weight excluding hydrogens is 366 g/mol. The number of guanidine groups is 1. The lowest BCUT2D eigenvalue weighted by atomic mass is 10.1. The Labute approximate surface area is 171 Å². The minimum atomic E-state index is 0.0725. The molecule has 4 rings (SSSR count). The Morgan fingerprint density at radius 3 is 2.72 bits per heavy atom. The predicted molar refractivity (Wildman–Crippen MR) is 115 cm³/mol. The molecule has 154 valence electrons. The number of carbonyl (C=O) groups is 1. The van der Waals surface area contributed by atoms with E-state index in [4.69, 9.17) is 0 Å². The van der Waals surface area contributed by atoms with Crippen LogP contribution in [0.25, 0.3) is 0 Å². The fourth-order valence-corrected chi connectivity index (χ4v) is 4.12. The van der Waals surface area contributed by atoms with Crippen molar-refractivity contribution in [1.29, 1.82) is 0 Å². The van der Waals surface area contributed by atoms with Gasteiger partial charge in [0.25, 0.3) is 0 Å². The van der Waals surface area contributed by atoms with Gasteiger partial charge in [0, 0.05) is 58.7 Å². The van der Waals surface area contributed by atoms with E-state index in [9.17, 15) is 4.79 Å². The third-order valence-corrected chi connectivity index (χ3v) is 5.69. The first-order chi connectivity index (χ1) is 14.1. The van der Waals surface area contributed by atoms with Crippen molar-refractivity contribution in [2.24, 2.45) is 18.0 Å². The van der Waals surface area contributed by atoms with E-state index in [2.05, 4.69) is 50.6 Å². The van der Waals surface area contributed by atoms with E-state index < -0.39 is 0 Å². The Morgan fingerprint density at radius 2 is 2.03 bits per heavy atom. The summed E-state index contributed by atoms with van der Waals surface area (Å²) in [6.07, 6.45) is 4.77. The number of aromatic nitrogens is 2. The number of benzene rings is 1. The van der Waals surface area contributed by atoms with Gasteiger partial charge in [0.1, 0.15) is 6.54 Å². The lowest BCUT2D eigenvalue weighted by molar-refractivity contribution is -0.120. The van der Waals surface area contributed by atoms with Crippen molar-refractivity contribution >= 4 is 23.2 Å². The molecule has 2 saturated heterocycles. The molecule has 0 saturated carbocycles. The number of aryl methyl sites for hydroxylation is 1. The Bertz CT molecular complexity index is 863. The van der Waals surface area contributed by atoms with Crippen molar-refractivity contribution in [1.82, 2.24) is 20.0 Å². The van der Waals surface area contributed by atoms with Gasteiger partial charge >= 0.3 is 0 Å². The van der Waals surface area contributed by atoms with E-state index in [1.54, 1.807) is 22.8 Å². The molecule has 29 heavy (non-hydrogen) atoms.